The Balaban J connectivity index is 1.19. The number of Topliss-reactive ketones (excluding diaryl/α,β-unsaturated/α-hetero) is 1. The first-order valence-corrected chi connectivity index (χ1v) is 14.2. The quantitative estimate of drug-likeness (QED) is 0.170. The molecule has 7 nitrogen and oxygen atoms in total. The van der Waals surface area contributed by atoms with Crippen LogP contribution in [0.1, 0.15) is 27.7 Å². The molecule has 7 rings (SSSR count). The highest BCUT2D eigenvalue weighted by Crippen LogP contribution is 2.37. The lowest BCUT2D eigenvalue weighted by Gasteiger charge is -2.07. The number of thiophene rings is 1. The van der Waals surface area contributed by atoms with Crippen LogP contribution in [0.15, 0.2) is 97.5 Å². The van der Waals surface area contributed by atoms with Crippen LogP contribution in [0.3, 0.4) is 0 Å². The molecule has 200 valence electrons. The van der Waals surface area contributed by atoms with Crippen molar-refractivity contribution in [3.63, 3.8) is 0 Å². The zero-order chi connectivity index (χ0) is 27.8. The monoisotopic (exact) mass is 554 g/mol. The van der Waals surface area contributed by atoms with Gasteiger partial charge in [0.25, 0.3) is 0 Å². The van der Waals surface area contributed by atoms with Crippen LogP contribution in [-0.4, -0.2) is 30.9 Å². The second kappa shape index (κ2) is 10.6. The lowest BCUT2D eigenvalue weighted by atomic mass is 10.1. The number of H-pyrrole nitrogens is 2. The molecular formula is C33H26N6OS. The highest BCUT2D eigenvalue weighted by molar-refractivity contribution is 7.17. The van der Waals surface area contributed by atoms with Crippen LogP contribution in [0.4, 0.5) is 0 Å². The molecule has 2 aromatic carbocycles. The molecule has 0 radical (unpaired) electrons. The van der Waals surface area contributed by atoms with Crippen molar-refractivity contribution in [2.24, 2.45) is 0 Å². The van der Waals surface area contributed by atoms with Crippen molar-refractivity contribution >= 4 is 39.1 Å². The maximum absolute atomic E-state index is 11.9. The molecule has 0 saturated heterocycles. The Kier molecular flexibility index (Phi) is 6.47. The second-order valence-electron chi connectivity index (χ2n) is 10.0. The number of hydrogen-bond acceptors (Lipinski definition) is 6. The summed E-state index contributed by atoms with van der Waals surface area (Å²) in [5.41, 5.74) is 8.90. The van der Waals surface area contributed by atoms with Crippen molar-refractivity contribution in [2.75, 3.05) is 0 Å². The summed E-state index contributed by atoms with van der Waals surface area (Å²) in [5, 5.41) is 13.2. The van der Waals surface area contributed by atoms with E-state index in [1.54, 1.807) is 6.92 Å². The molecule has 3 N–H and O–H groups in total. The molecule has 0 aliphatic heterocycles. The average Bonchev–Trinajstić information content (AvgIpc) is 3.76. The van der Waals surface area contributed by atoms with Gasteiger partial charge in [0.15, 0.2) is 11.4 Å². The fraction of sp³-hybridized carbons (Fsp3) is 0.0909. The van der Waals surface area contributed by atoms with Crippen molar-refractivity contribution in [1.82, 2.24) is 30.5 Å². The largest absolute Gasteiger partial charge is 0.353 e. The van der Waals surface area contributed by atoms with Gasteiger partial charge in [-0.3, -0.25) is 14.9 Å². The maximum atomic E-state index is 11.9. The normalized spacial score (nSPS) is 11.4. The summed E-state index contributed by atoms with van der Waals surface area (Å²) in [6.45, 7) is 3.12. The van der Waals surface area contributed by atoms with Crippen LogP contribution in [0, 0.1) is 0 Å². The third kappa shape index (κ3) is 4.95. The number of fused-ring (bicyclic) bond motifs is 2. The van der Waals surface area contributed by atoms with Crippen molar-refractivity contribution in [3.8, 4) is 33.0 Å². The molecule has 0 atom stereocenters. The van der Waals surface area contributed by atoms with Gasteiger partial charge in [0.1, 0.15) is 0 Å². The number of carbonyl (C=O) groups is 1. The summed E-state index contributed by atoms with van der Waals surface area (Å²) < 4.78 is 0. The van der Waals surface area contributed by atoms with E-state index >= 15 is 0 Å². The number of benzene rings is 2. The van der Waals surface area contributed by atoms with Crippen molar-refractivity contribution in [1.29, 1.82) is 0 Å². The Morgan fingerprint density at radius 3 is 2.56 bits per heavy atom. The summed E-state index contributed by atoms with van der Waals surface area (Å²) >= 11 is 1.52. The molecule has 0 unspecified atom stereocenters. The smallest absolute Gasteiger partial charge is 0.181 e. The third-order valence-corrected chi connectivity index (χ3v) is 8.41. The van der Waals surface area contributed by atoms with Gasteiger partial charge in [-0.1, -0.05) is 42.5 Å². The number of nitrogens with one attached hydrogen (secondary N) is 3. The van der Waals surface area contributed by atoms with Crippen LogP contribution in [0.2, 0.25) is 0 Å². The molecule has 0 fully saturated rings. The van der Waals surface area contributed by atoms with E-state index in [2.05, 4.69) is 85.1 Å². The van der Waals surface area contributed by atoms with Gasteiger partial charge in [-0.2, -0.15) is 5.10 Å². The highest BCUT2D eigenvalue weighted by atomic mass is 32.1. The first kappa shape index (κ1) is 25.1. The number of aromatic amines is 2. The molecule has 0 spiro atoms. The minimum absolute atomic E-state index is 0.0830. The first-order valence-electron chi connectivity index (χ1n) is 13.4. The number of rotatable bonds is 8. The fourth-order valence-corrected chi connectivity index (χ4v) is 6.07. The molecule has 41 heavy (non-hydrogen) atoms. The molecule has 0 bridgehead atoms. The Bertz CT molecular complexity index is 2020. The summed E-state index contributed by atoms with van der Waals surface area (Å²) in [6, 6.07) is 26.9. The molecular weight excluding hydrogens is 528 g/mol. The molecule has 5 aromatic heterocycles. The predicted octanol–water partition coefficient (Wildman–Crippen LogP) is 7.39. The van der Waals surface area contributed by atoms with Crippen LogP contribution < -0.4 is 5.32 Å². The summed E-state index contributed by atoms with van der Waals surface area (Å²) in [5.74, 6) is 0.0830. The van der Waals surface area contributed by atoms with E-state index in [9.17, 15) is 4.79 Å². The third-order valence-electron chi connectivity index (χ3n) is 7.19. The van der Waals surface area contributed by atoms with Crippen molar-refractivity contribution in [3.05, 3.63) is 113 Å². The average molecular weight is 555 g/mol. The molecule has 0 aliphatic carbocycles. The van der Waals surface area contributed by atoms with Gasteiger partial charge in [-0.25, -0.2) is 4.98 Å². The van der Waals surface area contributed by atoms with Crippen LogP contribution in [0.5, 0.6) is 0 Å². The topological polar surface area (TPSA) is 99.4 Å². The number of hydrogen-bond donors (Lipinski definition) is 3. The number of aromatic nitrogens is 5. The van der Waals surface area contributed by atoms with E-state index in [0.717, 1.165) is 72.8 Å². The van der Waals surface area contributed by atoms with E-state index in [-0.39, 0.29) is 5.78 Å². The minimum Gasteiger partial charge on any atom is -0.353 e. The lowest BCUT2D eigenvalue weighted by molar-refractivity contribution is 0.102. The Morgan fingerprint density at radius 2 is 1.71 bits per heavy atom. The van der Waals surface area contributed by atoms with E-state index in [0.29, 0.717) is 5.65 Å². The molecule has 0 aliphatic rings. The van der Waals surface area contributed by atoms with E-state index in [1.165, 1.54) is 16.9 Å². The highest BCUT2D eigenvalue weighted by Gasteiger charge is 2.16. The van der Waals surface area contributed by atoms with E-state index in [1.807, 2.05) is 42.9 Å². The summed E-state index contributed by atoms with van der Waals surface area (Å²) in [7, 11) is 0. The SMILES string of the molecule is CC(=O)c1ccc(-c2cccc3[nH]c(-c4[nH]nc5ncc(-c6cncc(CNCc7ccccc7)c6)cc45)cc23)s1. The Labute approximate surface area is 240 Å². The van der Waals surface area contributed by atoms with Gasteiger partial charge in [-0.05, 0) is 54.4 Å². The zero-order valence-electron chi connectivity index (χ0n) is 22.3. The first-order chi connectivity index (χ1) is 20.1. The van der Waals surface area contributed by atoms with E-state index < -0.39 is 0 Å². The molecule has 8 heteroatoms. The summed E-state index contributed by atoms with van der Waals surface area (Å²) in [6.07, 6.45) is 5.61. The maximum Gasteiger partial charge on any atom is 0.181 e. The Morgan fingerprint density at radius 1 is 0.854 bits per heavy atom. The number of carbonyl (C=O) groups excluding carboxylic acids is 1. The van der Waals surface area contributed by atoms with Gasteiger partial charge in [0.2, 0.25) is 0 Å². The number of pyridine rings is 2. The van der Waals surface area contributed by atoms with Crippen molar-refractivity contribution in [2.45, 2.75) is 20.0 Å². The standard InChI is InChI=1S/C33H26N6OS/c1-20(40)30-10-11-31(41-30)25-8-5-9-28-26(25)14-29(37-28)32-27-13-24(19-36-33(27)39-38-32)23-12-22(17-35-18-23)16-34-15-21-6-3-2-4-7-21/h2-14,17-19,34,37H,15-16H2,1H3,(H,36,38,39). The fourth-order valence-electron chi connectivity index (χ4n) is 5.13. The predicted molar refractivity (Wildman–Crippen MR) is 165 cm³/mol. The molecule has 7 aromatic rings. The zero-order valence-corrected chi connectivity index (χ0v) is 23.1. The second-order valence-corrected chi connectivity index (χ2v) is 11.1. The van der Waals surface area contributed by atoms with Crippen LogP contribution >= 0.6 is 11.3 Å². The summed E-state index contributed by atoms with van der Waals surface area (Å²) in [4.78, 5) is 26.4. The van der Waals surface area contributed by atoms with Crippen LogP contribution in [0.25, 0.3) is 54.9 Å². The van der Waals surface area contributed by atoms with Crippen LogP contribution in [-0.2, 0) is 13.1 Å². The van der Waals surface area contributed by atoms with Gasteiger partial charge in [0.05, 0.1) is 16.3 Å². The number of ketones is 1. The van der Waals surface area contributed by atoms with E-state index in [4.69, 9.17) is 0 Å². The van der Waals surface area contributed by atoms with Gasteiger partial charge >= 0.3 is 0 Å². The molecule has 5 heterocycles. The van der Waals surface area contributed by atoms with Crippen molar-refractivity contribution < 1.29 is 4.79 Å². The molecule has 0 saturated carbocycles. The van der Waals surface area contributed by atoms with Gasteiger partial charge < -0.3 is 10.3 Å². The number of nitrogens with zero attached hydrogens (tertiary/aromatic N) is 3. The van der Waals surface area contributed by atoms with Gasteiger partial charge in [0, 0.05) is 69.5 Å². The molecule has 0 amide bonds. The Hall–Kier alpha value is -4.92. The van der Waals surface area contributed by atoms with Gasteiger partial charge in [-0.15, -0.1) is 11.3 Å². The minimum atomic E-state index is 0.0830. The lowest BCUT2D eigenvalue weighted by Crippen LogP contribution is -2.12.